The highest BCUT2D eigenvalue weighted by atomic mass is 32.1. The molecule has 0 aromatic carbocycles. The molecule has 1 N–H and O–H groups in total. The van der Waals surface area contributed by atoms with Gasteiger partial charge in [0.2, 0.25) is 0 Å². The third-order valence-electron chi connectivity index (χ3n) is 3.64. The third-order valence-corrected chi connectivity index (χ3v) is 4.56. The molecule has 21 heavy (non-hydrogen) atoms. The minimum Gasteiger partial charge on any atom is -0.478 e. The fourth-order valence-electron chi connectivity index (χ4n) is 2.64. The van der Waals surface area contributed by atoms with Crippen molar-refractivity contribution >= 4 is 23.4 Å². The Morgan fingerprint density at radius 2 is 2.00 bits per heavy atom. The Morgan fingerprint density at radius 3 is 2.62 bits per heavy atom. The lowest BCUT2D eigenvalue weighted by Gasteiger charge is -2.35. The van der Waals surface area contributed by atoms with Crippen LogP contribution in [0.5, 0.6) is 0 Å². The molecule has 0 atom stereocenters. The molecule has 4 nitrogen and oxygen atoms in total. The number of hydrogen-bond donors (Lipinski definition) is 1. The summed E-state index contributed by atoms with van der Waals surface area (Å²) >= 11 is 1.71. The maximum Gasteiger partial charge on any atom is 0.328 e. The molecule has 1 saturated heterocycles. The fourth-order valence-corrected chi connectivity index (χ4v) is 3.55. The Hall–Kier alpha value is -1.17. The molecule has 1 aliphatic rings. The van der Waals surface area contributed by atoms with Gasteiger partial charge in [0.1, 0.15) is 0 Å². The first kappa shape index (κ1) is 16.2. The Kier molecular flexibility index (Phi) is 5.96. The van der Waals surface area contributed by atoms with E-state index in [0.717, 1.165) is 44.2 Å². The van der Waals surface area contributed by atoms with Gasteiger partial charge in [-0.15, -0.1) is 11.3 Å². The van der Waals surface area contributed by atoms with Crippen LogP contribution < -0.4 is 0 Å². The van der Waals surface area contributed by atoms with Gasteiger partial charge < -0.3 is 10.0 Å². The summed E-state index contributed by atoms with van der Waals surface area (Å²) in [5.41, 5.74) is 1.03. The number of thiophene rings is 1. The van der Waals surface area contributed by atoms with Crippen molar-refractivity contribution in [2.24, 2.45) is 5.92 Å². The lowest BCUT2D eigenvalue weighted by atomic mass is 10.2. The van der Waals surface area contributed by atoms with Crippen molar-refractivity contribution in [3.05, 3.63) is 28.0 Å². The van der Waals surface area contributed by atoms with Crippen molar-refractivity contribution in [3.8, 4) is 0 Å². The fraction of sp³-hybridized carbons (Fsp3) is 0.562. The van der Waals surface area contributed by atoms with Gasteiger partial charge in [0, 0.05) is 50.2 Å². The normalized spacial score (nSPS) is 17.9. The highest BCUT2D eigenvalue weighted by molar-refractivity contribution is 7.10. The van der Waals surface area contributed by atoms with E-state index < -0.39 is 5.97 Å². The van der Waals surface area contributed by atoms with Crippen molar-refractivity contribution in [3.63, 3.8) is 0 Å². The van der Waals surface area contributed by atoms with E-state index in [1.807, 2.05) is 11.4 Å². The van der Waals surface area contributed by atoms with Crippen LogP contribution in [0, 0.1) is 5.92 Å². The van der Waals surface area contributed by atoms with Crippen LogP contribution in [0.4, 0.5) is 0 Å². The summed E-state index contributed by atoms with van der Waals surface area (Å²) in [6.07, 6.45) is 2.91. The maximum atomic E-state index is 10.6. The third kappa shape index (κ3) is 5.26. The van der Waals surface area contributed by atoms with Crippen LogP contribution in [0.15, 0.2) is 17.5 Å². The standard InChI is InChI=1S/C16H24N2O2S/c1-13(2)11-17-6-8-18(9-7-17)12-15-14(5-10-21-15)3-4-16(19)20/h3-5,10,13H,6-9,11-12H2,1-2H3,(H,19,20). The number of aliphatic carboxylic acids is 1. The summed E-state index contributed by atoms with van der Waals surface area (Å²) < 4.78 is 0. The summed E-state index contributed by atoms with van der Waals surface area (Å²) in [4.78, 5) is 16.9. The van der Waals surface area contributed by atoms with Crippen molar-refractivity contribution < 1.29 is 9.90 Å². The van der Waals surface area contributed by atoms with Crippen molar-refractivity contribution in [2.45, 2.75) is 20.4 Å². The average Bonchev–Trinajstić information content (AvgIpc) is 2.85. The van der Waals surface area contributed by atoms with Gasteiger partial charge >= 0.3 is 5.97 Å². The molecule has 0 spiro atoms. The Bertz CT molecular complexity index is 488. The topological polar surface area (TPSA) is 43.8 Å². The van der Waals surface area contributed by atoms with Gasteiger partial charge in [-0.2, -0.15) is 0 Å². The second-order valence-corrected chi connectivity index (χ2v) is 6.94. The number of hydrogen-bond acceptors (Lipinski definition) is 4. The molecule has 1 aliphatic heterocycles. The van der Waals surface area contributed by atoms with Crippen molar-refractivity contribution in [1.82, 2.24) is 9.80 Å². The molecule has 0 aliphatic carbocycles. The van der Waals surface area contributed by atoms with Crippen LogP contribution in [-0.4, -0.2) is 53.6 Å². The Balaban J connectivity index is 1.86. The van der Waals surface area contributed by atoms with E-state index in [-0.39, 0.29) is 0 Å². The zero-order chi connectivity index (χ0) is 15.2. The first-order valence-electron chi connectivity index (χ1n) is 7.46. The summed E-state index contributed by atoms with van der Waals surface area (Å²) in [6.45, 7) is 11.1. The number of nitrogens with zero attached hydrogens (tertiary/aromatic N) is 2. The molecule has 0 bridgehead atoms. The summed E-state index contributed by atoms with van der Waals surface area (Å²) in [7, 11) is 0. The first-order valence-corrected chi connectivity index (χ1v) is 8.34. The Morgan fingerprint density at radius 1 is 1.33 bits per heavy atom. The van der Waals surface area contributed by atoms with Crippen LogP contribution >= 0.6 is 11.3 Å². The van der Waals surface area contributed by atoms with Gasteiger partial charge in [-0.05, 0) is 29.0 Å². The SMILES string of the molecule is CC(C)CN1CCN(Cc2sccc2C=CC(=O)O)CC1. The van der Waals surface area contributed by atoms with E-state index in [4.69, 9.17) is 5.11 Å². The number of rotatable bonds is 6. The van der Waals surface area contributed by atoms with E-state index >= 15 is 0 Å². The minimum absolute atomic E-state index is 0.724. The molecule has 1 fully saturated rings. The smallest absolute Gasteiger partial charge is 0.328 e. The molecule has 1 aromatic rings. The summed E-state index contributed by atoms with van der Waals surface area (Å²) in [5, 5.41) is 10.8. The van der Waals surface area contributed by atoms with Crippen molar-refractivity contribution in [2.75, 3.05) is 32.7 Å². The molecule has 2 rings (SSSR count). The van der Waals surface area contributed by atoms with Crippen LogP contribution in [0.25, 0.3) is 6.08 Å². The van der Waals surface area contributed by atoms with E-state index in [2.05, 4.69) is 23.6 Å². The summed E-state index contributed by atoms with van der Waals surface area (Å²) in [5.74, 6) is -0.170. The van der Waals surface area contributed by atoms with E-state index in [0.29, 0.717) is 0 Å². The highest BCUT2D eigenvalue weighted by Crippen LogP contribution is 2.21. The second kappa shape index (κ2) is 7.73. The van der Waals surface area contributed by atoms with Gasteiger partial charge in [0.25, 0.3) is 0 Å². The molecular formula is C16H24N2O2S. The minimum atomic E-state index is -0.894. The van der Waals surface area contributed by atoms with Crippen LogP contribution in [0.1, 0.15) is 24.3 Å². The number of carboxylic acids is 1. The van der Waals surface area contributed by atoms with Crippen molar-refractivity contribution in [1.29, 1.82) is 0 Å². The molecule has 116 valence electrons. The van der Waals surface area contributed by atoms with Crippen LogP contribution in [0.3, 0.4) is 0 Å². The van der Waals surface area contributed by atoms with Gasteiger partial charge in [-0.3, -0.25) is 4.90 Å². The lowest BCUT2D eigenvalue weighted by molar-refractivity contribution is -0.131. The molecule has 5 heteroatoms. The van der Waals surface area contributed by atoms with Gasteiger partial charge in [-0.1, -0.05) is 13.8 Å². The summed E-state index contributed by atoms with van der Waals surface area (Å²) in [6, 6.07) is 1.99. The predicted octanol–water partition coefficient (Wildman–Crippen LogP) is 2.62. The van der Waals surface area contributed by atoms with Gasteiger partial charge in [0.05, 0.1) is 0 Å². The zero-order valence-corrected chi connectivity index (χ0v) is 13.6. The van der Waals surface area contributed by atoms with Crippen LogP contribution in [0.2, 0.25) is 0 Å². The molecular weight excluding hydrogens is 284 g/mol. The second-order valence-electron chi connectivity index (χ2n) is 5.94. The van der Waals surface area contributed by atoms with Crippen LogP contribution in [-0.2, 0) is 11.3 Å². The monoisotopic (exact) mass is 308 g/mol. The number of carboxylic acid groups (broad SMARTS) is 1. The molecule has 0 radical (unpaired) electrons. The Labute approximate surface area is 130 Å². The zero-order valence-electron chi connectivity index (χ0n) is 12.8. The molecule has 2 heterocycles. The molecule has 1 aromatic heterocycles. The van der Waals surface area contributed by atoms with E-state index in [9.17, 15) is 4.79 Å². The van der Waals surface area contributed by atoms with Gasteiger partial charge in [-0.25, -0.2) is 4.79 Å². The number of piperazine rings is 1. The van der Waals surface area contributed by atoms with E-state index in [1.54, 1.807) is 17.4 Å². The molecule has 0 saturated carbocycles. The molecule has 0 amide bonds. The largest absolute Gasteiger partial charge is 0.478 e. The lowest BCUT2D eigenvalue weighted by Crippen LogP contribution is -2.46. The number of carbonyl (C=O) groups is 1. The average molecular weight is 308 g/mol. The van der Waals surface area contributed by atoms with Gasteiger partial charge in [0.15, 0.2) is 0 Å². The molecule has 0 unspecified atom stereocenters. The quantitative estimate of drug-likeness (QED) is 0.821. The van der Waals surface area contributed by atoms with E-state index in [1.165, 1.54) is 17.5 Å². The maximum absolute atomic E-state index is 10.6. The predicted molar refractivity (Wildman–Crippen MR) is 87.5 cm³/mol. The first-order chi connectivity index (χ1) is 10.0. The highest BCUT2D eigenvalue weighted by Gasteiger charge is 2.18.